The summed E-state index contributed by atoms with van der Waals surface area (Å²) in [4.78, 5) is 104. The molecule has 0 bridgehead atoms. The molecule has 0 radical (unpaired) electrons. The van der Waals surface area contributed by atoms with E-state index in [-0.39, 0.29) is 38.9 Å². The van der Waals surface area contributed by atoms with Crippen molar-refractivity contribution >= 4 is 48.1 Å². The quantitative estimate of drug-likeness (QED) is 0.156. The van der Waals surface area contributed by atoms with Crippen LogP contribution in [0.1, 0.15) is 78.3 Å². The van der Waals surface area contributed by atoms with Crippen molar-refractivity contribution in [2.24, 2.45) is 0 Å². The lowest BCUT2D eigenvalue weighted by atomic mass is 10.1. The van der Waals surface area contributed by atoms with Gasteiger partial charge in [0.25, 0.3) is 23.6 Å². The van der Waals surface area contributed by atoms with E-state index in [4.69, 9.17) is 18.9 Å². The van der Waals surface area contributed by atoms with Crippen LogP contribution in [0.3, 0.4) is 0 Å². The normalized spacial score (nSPS) is 13.9. The minimum atomic E-state index is -1.20. The molecule has 2 aromatic carbocycles. The van der Waals surface area contributed by atoms with Gasteiger partial charge in [-0.05, 0) is 105 Å². The number of benzene rings is 2. The molecule has 2 heterocycles. The van der Waals surface area contributed by atoms with Crippen LogP contribution in [-0.4, -0.2) is 71.3 Å². The highest BCUT2D eigenvalue weighted by Gasteiger charge is 2.34. The Balaban J connectivity index is 1.09. The van der Waals surface area contributed by atoms with Crippen LogP contribution in [0, 0.1) is 27.7 Å². The highest BCUT2D eigenvalue weighted by Crippen LogP contribution is 2.27. The molecule has 6 amide bonds. The Morgan fingerprint density at radius 1 is 0.547 bits per heavy atom. The number of unbranched alkanes of at least 4 members (excludes halogenated alkanes) is 2. The SMILES string of the molecule is Cc1cc(COC(=O)ON2C(=O)CCC2=O)cc(C)c1OC(=O)NCCCCCNC(=O)Oc1c(C)cc(COC(=O)ON2C(=O)CCC2=O)cc1C. The number of rotatable bonds is 14. The fraction of sp³-hybridized carbons (Fsp3) is 0.429. The van der Waals surface area contributed by atoms with Crippen molar-refractivity contribution in [2.75, 3.05) is 13.1 Å². The first kappa shape index (κ1) is 39.6. The van der Waals surface area contributed by atoms with Gasteiger partial charge >= 0.3 is 24.5 Å². The number of carbonyl (C=O) groups excluding carboxylic acids is 8. The van der Waals surface area contributed by atoms with Crippen LogP contribution in [0.5, 0.6) is 11.5 Å². The molecular weight excluding hydrogens is 700 g/mol. The zero-order valence-corrected chi connectivity index (χ0v) is 29.7. The summed E-state index contributed by atoms with van der Waals surface area (Å²) >= 11 is 0. The van der Waals surface area contributed by atoms with Crippen molar-refractivity contribution in [3.8, 4) is 11.5 Å². The molecule has 2 aliphatic heterocycles. The van der Waals surface area contributed by atoms with Gasteiger partial charge < -0.3 is 29.6 Å². The third-order valence-electron chi connectivity index (χ3n) is 7.88. The Hall–Kier alpha value is -6.20. The molecule has 18 nitrogen and oxygen atoms in total. The summed E-state index contributed by atoms with van der Waals surface area (Å²) in [7, 11) is 0. The van der Waals surface area contributed by atoms with Gasteiger partial charge in [0.05, 0.1) is 0 Å². The molecule has 0 spiro atoms. The number of nitrogens with one attached hydrogen (secondary N) is 2. The van der Waals surface area contributed by atoms with Gasteiger partial charge in [0, 0.05) is 38.8 Å². The molecule has 0 unspecified atom stereocenters. The van der Waals surface area contributed by atoms with Gasteiger partial charge in [-0.25, -0.2) is 19.2 Å². The summed E-state index contributed by atoms with van der Waals surface area (Å²) in [6, 6.07) is 6.64. The maximum absolute atomic E-state index is 12.4. The lowest BCUT2D eigenvalue weighted by Gasteiger charge is -2.15. The van der Waals surface area contributed by atoms with Crippen LogP contribution in [0.4, 0.5) is 19.2 Å². The number of aryl methyl sites for hydroxylation is 4. The van der Waals surface area contributed by atoms with Crippen LogP contribution < -0.4 is 20.1 Å². The van der Waals surface area contributed by atoms with Gasteiger partial charge in [-0.15, -0.1) is 0 Å². The second-order valence-electron chi connectivity index (χ2n) is 12.2. The number of hydrogen-bond acceptors (Lipinski definition) is 14. The van der Waals surface area contributed by atoms with E-state index >= 15 is 0 Å². The molecule has 2 saturated heterocycles. The Morgan fingerprint density at radius 3 is 1.19 bits per heavy atom. The summed E-state index contributed by atoms with van der Waals surface area (Å²) in [5.74, 6) is -1.78. The summed E-state index contributed by atoms with van der Waals surface area (Å²) in [6.07, 6.45) is -1.90. The zero-order chi connectivity index (χ0) is 38.7. The molecule has 2 fully saturated rings. The maximum atomic E-state index is 12.4. The van der Waals surface area contributed by atoms with Crippen LogP contribution in [0.25, 0.3) is 0 Å². The molecule has 53 heavy (non-hydrogen) atoms. The molecule has 2 N–H and O–H groups in total. The first-order chi connectivity index (χ1) is 25.2. The van der Waals surface area contributed by atoms with Crippen molar-refractivity contribution < 1.29 is 67.0 Å². The molecule has 284 valence electrons. The average Bonchev–Trinajstić information content (AvgIpc) is 3.59. The lowest BCUT2D eigenvalue weighted by Crippen LogP contribution is -2.32. The fourth-order valence-electron chi connectivity index (χ4n) is 5.44. The molecule has 4 rings (SSSR count). The predicted molar refractivity (Wildman–Crippen MR) is 178 cm³/mol. The highest BCUT2D eigenvalue weighted by atomic mass is 16.8. The van der Waals surface area contributed by atoms with Crippen LogP contribution in [-0.2, 0) is 51.5 Å². The zero-order valence-electron chi connectivity index (χ0n) is 29.7. The van der Waals surface area contributed by atoms with Gasteiger partial charge in [-0.2, -0.15) is 0 Å². The maximum Gasteiger partial charge on any atom is 0.534 e. The van der Waals surface area contributed by atoms with Crippen molar-refractivity contribution in [2.45, 2.75) is 85.9 Å². The van der Waals surface area contributed by atoms with Crippen molar-refractivity contribution in [3.63, 3.8) is 0 Å². The summed E-state index contributed by atoms with van der Waals surface area (Å²) in [5, 5.41) is 6.16. The number of imide groups is 2. The minimum absolute atomic E-state index is 0.0313. The Morgan fingerprint density at radius 2 is 0.868 bits per heavy atom. The van der Waals surface area contributed by atoms with Gasteiger partial charge in [0.15, 0.2) is 0 Å². The molecule has 0 aromatic heterocycles. The first-order valence-electron chi connectivity index (χ1n) is 16.7. The van der Waals surface area contributed by atoms with Crippen LogP contribution >= 0.6 is 0 Å². The van der Waals surface area contributed by atoms with Crippen molar-refractivity contribution in [1.29, 1.82) is 0 Å². The molecule has 18 heteroatoms. The molecule has 0 saturated carbocycles. The molecule has 0 atom stereocenters. The molecule has 0 aliphatic carbocycles. The summed E-state index contributed by atoms with van der Waals surface area (Å²) in [6.45, 7) is 7.15. The largest absolute Gasteiger partial charge is 0.534 e. The lowest BCUT2D eigenvalue weighted by molar-refractivity contribution is -0.178. The smallest absolute Gasteiger partial charge is 0.428 e. The molecule has 2 aliphatic rings. The van der Waals surface area contributed by atoms with E-state index in [9.17, 15) is 38.4 Å². The van der Waals surface area contributed by atoms with Crippen molar-refractivity contribution in [1.82, 2.24) is 20.8 Å². The highest BCUT2D eigenvalue weighted by molar-refractivity contribution is 6.02. The van der Waals surface area contributed by atoms with Crippen molar-refractivity contribution in [3.05, 3.63) is 57.6 Å². The number of amides is 6. The summed E-state index contributed by atoms with van der Waals surface area (Å²) < 4.78 is 21.0. The number of hydroxylamine groups is 4. The van der Waals surface area contributed by atoms with Crippen LogP contribution in [0.2, 0.25) is 0 Å². The van der Waals surface area contributed by atoms with Gasteiger partial charge in [0.2, 0.25) is 0 Å². The number of carbonyl (C=O) groups is 8. The Bertz CT molecular complexity index is 1590. The van der Waals surface area contributed by atoms with Gasteiger partial charge in [0.1, 0.15) is 24.7 Å². The molecule has 2 aromatic rings. The van der Waals surface area contributed by atoms with E-state index in [1.165, 1.54) is 0 Å². The van der Waals surface area contributed by atoms with E-state index in [0.29, 0.717) is 87.4 Å². The van der Waals surface area contributed by atoms with E-state index in [1.54, 1.807) is 52.0 Å². The second-order valence-corrected chi connectivity index (χ2v) is 12.2. The average molecular weight is 741 g/mol. The Labute approximate surface area is 303 Å². The number of ether oxygens (including phenoxy) is 4. The standard InChI is InChI=1S/C35H40N4O14/c1-20-14-24(18-48-34(46)52-38-26(40)8-9-27(38)41)15-21(2)30(20)50-32(44)36-12-6-5-7-13-37-33(45)51-31-22(3)16-25(17-23(31)4)19-49-35(47)53-39-28(42)10-11-29(39)43/h14-17H,5-13,18-19H2,1-4H3,(H,36,44)(H,37,45). The Kier molecular flexibility index (Phi) is 13.7. The van der Waals surface area contributed by atoms with Gasteiger partial charge in [-0.3, -0.25) is 28.9 Å². The van der Waals surface area contributed by atoms with Crippen LogP contribution in [0.15, 0.2) is 24.3 Å². The van der Waals surface area contributed by atoms with Gasteiger partial charge in [-0.1, -0.05) is 10.1 Å². The first-order valence-corrected chi connectivity index (χ1v) is 16.7. The number of hydrogen-bond donors (Lipinski definition) is 2. The van der Waals surface area contributed by atoms with E-state index < -0.39 is 48.1 Å². The van der Waals surface area contributed by atoms with E-state index in [2.05, 4.69) is 20.3 Å². The third-order valence-corrected chi connectivity index (χ3v) is 7.88. The van der Waals surface area contributed by atoms with E-state index in [1.807, 2.05) is 0 Å². The predicted octanol–water partition coefficient (Wildman–Crippen LogP) is 4.40. The summed E-state index contributed by atoms with van der Waals surface area (Å²) in [5.41, 5.74) is 3.59. The third kappa shape index (κ3) is 11.4. The topological polar surface area (TPSA) is 222 Å². The monoisotopic (exact) mass is 740 g/mol. The minimum Gasteiger partial charge on any atom is -0.428 e. The second kappa shape index (κ2) is 18.3. The number of nitrogens with zero attached hydrogens (tertiary/aromatic N) is 2. The molecular formula is C35H40N4O14. The van der Waals surface area contributed by atoms with E-state index in [0.717, 1.165) is 0 Å². The fourth-order valence-corrected chi connectivity index (χ4v) is 5.44.